The number of carbonyl (C=O) groups is 1. The fraction of sp³-hybridized carbons (Fsp3) is 0.929. The summed E-state index contributed by atoms with van der Waals surface area (Å²) in [6.45, 7) is 12.1. The van der Waals surface area contributed by atoms with Crippen molar-refractivity contribution in [2.75, 3.05) is 0 Å². The summed E-state index contributed by atoms with van der Waals surface area (Å²) in [6.07, 6.45) is 4.04. The van der Waals surface area contributed by atoms with E-state index >= 15 is 0 Å². The highest BCUT2D eigenvalue weighted by Gasteiger charge is 2.26. The molecule has 0 aliphatic rings. The molecule has 0 aromatic carbocycles. The number of hydrogen-bond acceptors (Lipinski definition) is 3. The molecule has 3 nitrogen and oxygen atoms in total. The third-order valence-electron chi connectivity index (χ3n) is 3.03. The maximum absolute atomic E-state index is 11.3. The van der Waals surface area contributed by atoms with Gasteiger partial charge in [-0.15, -0.1) is 0 Å². The van der Waals surface area contributed by atoms with Crippen LogP contribution in [0, 0.1) is 11.8 Å². The molecule has 0 aromatic rings. The highest BCUT2D eigenvalue weighted by molar-refractivity contribution is 5.70. The zero-order valence-electron chi connectivity index (χ0n) is 12.2. The fourth-order valence-corrected chi connectivity index (χ4v) is 1.40. The molecule has 3 heteroatoms. The Hall–Kier alpha value is -0.570. The summed E-state index contributed by atoms with van der Waals surface area (Å²) in [5.41, 5.74) is -0.348. The average Bonchev–Trinajstić information content (AvgIpc) is 2.25. The lowest BCUT2D eigenvalue weighted by atomic mass is 9.94. The first-order chi connectivity index (χ1) is 7.80. The predicted molar refractivity (Wildman–Crippen MR) is 69.4 cm³/mol. The molecule has 0 N–H and O–H groups in total. The first-order valence-electron chi connectivity index (χ1n) is 6.70. The molecule has 0 aliphatic carbocycles. The van der Waals surface area contributed by atoms with Crippen molar-refractivity contribution in [3.63, 3.8) is 0 Å². The van der Waals surface area contributed by atoms with E-state index in [0.29, 0.717) is 5.92 Å². The molecule has 0 amide bonds. The highest BCUT2D eigenvalue weighted by Crippen LogP contribution is 2.24. The topological polar surface area (TPSA) is 35.5 Å². The highest BCUT2D eigenvalue weighted by atomic mass is 17.2. The van der Waals surface area contributed by atoms with Crippen LogP contribution in [0.25, 0.3) is 0 Å². The second-order valence-corrected chi connectivity index (χ2v) is 5.73. The Morgan fingerprint density at radius 1 is 1.24 bits per heavy atom. The van der Waals surface area contributed by atoms with Gasteiger partial charge in [0, 0.05) is 0 Å². The molecule has 1 atom stereocenters. The summed E-state index contributed by atoms with van der Waals surface area (Å²) in [7, 11) is 0. The lowest BCUT2D eigenvalue weighted by Crippen LogP contribution is -2.30. The van der Waals surface area contributed by atoms with E-state index in [2.05, 4.69) is 20.8 Å². The van der Waals surface area contributed by atoms with E-state index in [0.717, 1.165) is 19.3 Å². The lowest BCUT2D eigenvalue weighted by molar-refractivity contribution is -0.333. The van der Waals surface area contributed by atoms with Gasteiger partial charge in [0.2, 0.25) is 0 Å². The van der Waals surface area contributed by atoms with Crippen LogP contribution in [0.4, 0.5) is 0 Å². The van der Waals surface area contributed by atoms with Gasteiger partial charge in [0.1, 0.15) is 5.60 Å². The van der Waals surface area contributed by atoms with Gasteiger partial charge < -0.3 is 0 Å². The lowest BCUT2D eigenvalue weighted by Gasteiger charge is -2.26. The van der Waals surface area contributed by atoms with E-state index in [1.54, 1.807) is 13.8 Å². The number of hydrogen-bond donors (Lipinski definition) is 0. The van der Waals surface area contributed by atoms with Crippen LogP contribution in [0.2, 0.25) is 0 Å². The molecular formula is C14H28O3. The monoisotopic (exact) mass is 244 g/mol. The van der Waals surface area contributed by atoms with E-state index in [4.69, 9.17) is 9.78 Å². The molecule has 102 valence electrons. The molecule has 1 unspecified atom stereocenters. The Labute approximate surface area is 106 Å². The van der Waals surface area contributed by atoms with E-state index < -0.39 is 0 Å². The summed E-state index contributed by atoms with van der Waals surface area (Å²) in [4.78, 5) is 21.6. The van der Waals surface area contributed by atoms with Crippen molar-refractivity contribution in [3.05, 3.63) is 0 Å². The minimum atomic E-state index is -0.348. The van der Waals surface area contributed by atoms with Crippen molar-refractivity contribution in [1.29, 1.82) is 0 Å². The summed E-state index contributed by atoms with van der Waals surface area (Å²) < 4.78 is 0. The van der Waals surface area contributed by atoms with Gasteiger partial charge in [0.25, 0.3) is 0 Å². The third-order valence-corrected chi connectivity index (χ3v) is 3.03. The van der Waals surface area contributed by atoms with Gasteiger partial charge in [-0.1, -0.05) is 47.5 Å². The molecule has 0 aliphatic heterocycles. The molecule has 0 saturated carbocycles. The van der Waals surface area contributed by atoms with Crippen molar-refractivity contribution in [1.82, 2.24) is 0 Å². The van der Waals surface area contributed by atoms with Crippen molar-refractivity contribution in [3.8, 4) is 0 Å². The van der Waals surface area contributed by atoms with Gasteiger partial charge in [-0.05, 0) is 25.7 Å². The molecule has 0 bridgehead atoms. The smallest absolute Gasteiger partial charge is 0.298 e. The maximum Gasteiger partial charge on any atom is 0.344 e. The van der Waals surface area contributed by atoms with Gasteiger partial charge in [-0.2, -0.15) is 4.89 Å². The maximum atomic E-state index is 11.3. The van der Waals surface area contributed by atoms with Gasteiger partial charge in [-0.3, -0.25) is 4.89 Å². The largest absolute Gasteiger partial charge is 0.344 e. The van der Waals surface area contributed by atoms with Crippen LogP contribution >= 0.6 is 0 Å². The molecule has 0 rings (SSSR count). The summed E-state index contributed by atoms with van der Waals surface area (Å²) in [6, 6.07) is 0. The quantitative estimate of drug-likeness (QED) is 0.476. The molecule has 0 saturated heterocycles. The number of rotatable bonds is 8. The van der Waals surface area contributed by atoms with E-state index in [-0.39, 0.29) is 17.5 Å². The third kappa shape index (κ3) is 7.37. The van der Waals surface area contributed by atoms with Crippen molar-refractivity contribution >= 4 is 5.97 Å². The Morgan fingerprint density at radius 3 is 2.24 bits per heavy atom. The molecule has 0 radical (unpaired) electrons. The summed E-state index contributed by atoms with van der Waals surface area (Å²) in [5.74, 6) is 0.259. The van der Waals surface area contributed by atoms with Crippen LogP contribution in [-0.4, -0.2) is 11.6 Å². The van der Waals surface area contributed by atoms with E-state index in [1.807, 2.05) is 6.92 Å². The Balaban J connectivity index is 4.05. The second kappa shape index (κ2) is 7.70. The first-order valence-corrected chi connectivity index (χ1v) is 6.70. The normalized spacial score (nSPS) is 15.1. The summed E-state index contributed by atoms with van der Waals surface area (Å²) in [5, 5.41) is 0. The molecular weight excluding hydrogens is 216 g/mol. The molecule has 17 heavy (non-hydrogen) atoms. The zero-order chi connectivity index (χ0) is 13.5. The SMILES string of the molecule is CCC(C)(CCCC(C)C)OOC(=O)C(C)C. The molecule has 0 spiro atoms. The van der Waals surface area contributed by atoms with E-state index in [1.165, 1.54) is 6.42 Å². The average molecular weight is 244 g/mol. The summed E-state index contributed by atoms with van der Waals surface area (Å²) >= 11 is 0. The molecule has 0 fully saturated rings. The number of carbonyl (C=O) groups excluding carboxylic acids is 1. The van der Waals surface area contributed by atoms with Crippen molar-refractivity contribution in [2.45, 2.75) is 72.8 Å². The Bertz CT molecular complexity index is 224. The molecule has 0 aromatic heterocycles. The Kier molecular flexibility index (Phi) is 7.44. The fourth-order valence-electron chi connectivity index (χ4n) is 1.40. The minimum absolute atomic E-state index is 0.147. The van der Waals surface area contributed by atoms with Crippen LogP contribution in [0.15, 0.2) is 0 Å². The predicted octanol–water partition coefficient (Wildman–Crippen LogP) is 4.11. The van der Waals surface area contributed by atoms with Crippen LogP contribution in [0.3, 0.4) is 0 Å². The van der Waals surface area contributed by atoms with Crippen molar-refractivity contribution < 1.29 is 14.6 Å². The minimum Gasteiger partial charge on any atom is -0.298 e. The first kappa shape index (κ1) is 16.4. The zero-order valence-corrected chi connectivity index (χ0v) is 12.2. The van der Waals surface area contributed by atoms with Gasteiger partial charge in [0.15, 0.2) is 0 Å². The van der Waals surface area contributed by atoms with Gasteiger partial charge in [0.05, 0.1) is 5.92 Å². The van der Waals surface area contributed by atoms with E-state index in [9.17, 15) is 4.79 Å². The van der Waals surface area contributed by atoms with Crippen LogP contribution in [0.5, 0.6) is 0 Å². The molecule has 0 heterocycles. The van der Waals surface area contributed by atoms with Gasteiger partial charge >= 0.3 is 5.97 Å². The standard InChI is InChI=1S/C14H28O3/c1-7-14(6,10-8-9-11(2)3)17-16-13(15)12(4)5/h11-12H,7-10H2,1-6H3. The van der Waals surface area contributed by atoms with Gasteiger partial charge in [-0.25, -0.2) is 4.79 Å². The van der Waals surface area contributed by atoms with Crippen LogP contribution in [-0.2, 0) is 14.6 Å². The van der Waals surface area contributed by atoms with Crippen LogP contribution < -0.4 is 0 Å². The van der Waals surface area contributed by atoms with Crippen LogP contribution in [0.1, 0.15) is 67.2 Å². The second-order valence-electron chi connectivity index (χ2n) is 5.73. The van der Waals surface area contributed by atoms with Crippen molar-refractivity contribution in [2.24, 2.45) is 11.8 Å². The Morgan fingerprint density at radius 2 is 1.82 bits per heavy atom.